The van der Waals surface area contributed by atoms with Gasteiger partial charge in [-0.15, -0.1) is 6.58 Å². The van der Waals surface area contributed by atoms with Gasteiger partial charge in [0.05, 0.1) is 0 Å². The summed E-state index contributed by atoms with van der Waals surface area (Å²) in [6.45, 7) is 7.42. The maximum atomic E-state index is 5.31. The van der Waals surface area contributed by atoms with Gasteiger partial charge in [-0.1, -0.05) is 6.08 Å². The molecule has 4 aliphatic rings. The molecule has 2 N–H and O–H groups in total. The van der Waals surface area contributed by atoms with Crippen molar-refractivity contribution < 1.29 is 0 Å². The van der Waals surface area contributed by atoms with E-state index in [4.69, 9.17) is 12.2 Å². The normalized spacial score (nSPS) is 38.2. The summed E-state index contributed by atoms with van der Waals surface area (Å²) in [4.78, 5) is 2.61. The van der Waals surface area contributed by atoms with Crippen molar-refractivity contribution in [2.24, 2.45) is 11.8 Å². The second-order valence-electron chi connectivity index (χ2n) is 5.96. The molecule has 3 nitrogen and oxygen atoms in total. The molecule has 0 aromatic carbocycles. The van der Waals surface area contributed by atoms with Gasteiger partial charge < -0.3 is 10.6 Å². The second-order valence-corrected chi connectivity index (χ2v) is 6.37. The van der Waals surface area contributed by atoms with Gasteiger partial charge in [0, 0.05) is 25.2 Å². The zero-order valence-electron chi connectivity index (χ0n) is 10.9. The minimum absolute atomic E-state index is 0.651. The molecule has 4 rings (SSSR count). The highest BCUT2D eigenvalue weighted by Gasteiger charge is 2.38. The van der Waals surface area contributed by atoms with E-state index in [9.17, 15) is 0 Å². The quantitative estimate of drug-likeness (QED) is 0.595. The lowest BCUT2D eigenvalue weighted by atomic mass is 9.76. The van der Waals surface area contributed by atoms with Crippen LogP contribution in [0, 0.1) is 11.8 Å². The van der Waals surface area contributed by atoms with Crippen LogP contribution < -0.4 is 10.6 Å². The van der Waals surface area contributed by atoms with Crippen LogP contribution in [-0.2, 0) is 0 Å². The molecule has 4 fully saturated rings. The summed E-state index contributed by atoms with van der Waals surface area (Å²) in [5.41, 5.74) is 0. The predicted octanol–water partition coefficient (Wildman–Crippen LogP) is 1.51. The molecular formula is C14H23N3S. The van der Waals surface area contributed by atoms with Crippen LogP contribution in [0.3, 0.4) is 0 Å². The summed E-state index contributed by atoms with van der Waals surface area (Å²) >= 11 is 5.31. The van der Waals surface area contributed by atoms with Crippen LogP contribution in [0.5, 0.6) is 0 Å². The summed E-state index contributed by atoms with van der Waals surface area (Å²) in [6, 6.07) is 1.32. The van der Waals surface area contributed by atoms with E-state index in [-0.39, 0.29) is 0 Å². The molecular weight excluding hydrogens is 242 g/mol. The third-order valence-corrected chi connectivity index (χ3v) is 4.90. The molecule has 0 aromatic heterocycles. The fraction of sp³-hybridized carbons (Fsp3) is 0.786. The highest BCUT2D eigenvalue weighted by atomic mass is 32.1. The Labute approximate surface area is 115 Å². The second kappa shape index (κ2) is 5.17. The van der Waals surface area contributed by atoms with Crippen LogP contribution in [0.2, 0.25) is 0 Å². The largest absolute Gasteiger partial charge is 0.361 e. The standard InChI is InChI=1S/C14H23N3S/c1-2-10-9-17-6-5-11(10)7-13(17)8-15-14(18)16-12-3-4-12/h2,10-13H,1,3-9H2,(H2,15,16,18)/t10-,11+,13+/m0/s1. The summed E-state index contributed by atoms with van der Waals surface area (Å²) in [5.74, 6) is 1.57. The van der Waals surface area contributed by atoms with Crippen LogP contribution >= 0.6 is 12.2 Å². The van der Waals surface area contributed by atoms with Crippen molar-refractivity contribution in [3.05, 3.63) is 12.7 Å². The van der Waals surface area contributed by atoms with E-state index in [2.05, 4.69) is 28.2 Å². The monoisotopic (exact) mass is 265 g/mol. The number of nitrogens with zero attached hydrogens (tertiary/aromatic N) is 1. The molecule has 4 heteroatoms. The minimum atomic E-state index is 0.651. The fourth-order valence-corrected chi connectivity index (χ4v) is 3.58. The molecule has 1 unspecified atom stereocenters. The predicted molar refractivity (Wildman–Crippen MR) is 78.5 cm³/mol. The van der Waals surface area contributed by atoms with Crippen molar-refractivity contribution in [1.29, 1.82) is 0 Å². The molecule has 100 valence electrons. The summed E-state index contributed by atoms with van der Waals surface area (Å²) in [7, 11) is 0. The summed E-state index contributed by atoms with van der Waals surface area (Å²) in [6.07, 6.45) is 7.36. The van der Waals surface area contributed by atoms with Crippen molar-refractivity contribution in [1.82, 2.24) is 15.5 Å². The Hall–Kier alpha value is -0.610. The topological polar surface area (TPSA) is 27.3 Å². The highest BCUT2D eigenvalue weighted by molar-refractivity contribution is 7.80. The van der Waals surface area contributed by atoms with Gasteiger partial charge in [0.1, 0.15) is 0 Å². The first-order valence-corrected chi connectivity index (χ1v) is 7.58. The molecule has 18 heavy (non-hydrogen) atoms. The third kappa shape index (κ3) is 2.69. The third-order valence-electron chi connectivity index (χ3n) is 4.64. The van der Waals surface area contributed by atoms with Gasteiger partial charge in [-0.2, -0.15) is 0 Å². The van der Waals surface area contributed by atoms with Gasteiger partial charge in [-0.3, -0.25) is 4.90 Å². The van der Waals surface area contributed by atoms with Crippen molar-refractivity contribution >= 4 is 17.3 Å². The molecule has 4 atom stereocenters. The summed E-state index contributed by atoms with van der Waals surface area (Å²) < 4.78 is 0. The first-order chi connectivity index (χ1) is 8.76. The number of thiocarbonyl (C=S) groups is 1. The van der Waals surface area contributed by atoms with E-state index in [0.29, 0.717) is 18.0 Å². The van der Waals surface area contributed by atoms with Crippen LogP contribution in [0.25, 0.3) is 0 Å². The maximum absolute atomic E-state index is 5.31. The molecule has 0 aromatic rings. The highest BCUT2D eigenvalue weighted by Crippen LogP contribution is 2.36. The van der Waals surface area contributed by atoms with Crippen molar-refractivity contribution in [3.8, 4) is 0 Å². The Morgan fingerprint density at radius 2 is 2.22 bits per heavy atom. The zero-order chi connectivity index (χ0) is 12.5. The number of piperidine rings is 3. The lowest BCUT2D eigenvalue weighted by Gasteiger charge is -2.49. The van der Waals surface area contributed by atoms with Gasteiger partial charge in [-0.25, -0.2) is 0 Å². The van der Waals surface area contributed by atoms with Crippen molar-refractivity contribution in [2.45, 2.75) is 37.8 Å². The Kier molecular flexibility index (Phi) is 3.57. The SMILES string of the molecule is C=C[C@H]1CN2CC[C@@H]1C[C@@H]2CNC(=S)NC1CC1. The van der Waals surface area contributed by atoms with Crippen molar-refractivity contribution in [2.75, 3.05) is 19.6 Å². The molecule has 2 bridgehead atoms. The van der Waals surface area contributed by atoms with Crippen molar-refractivity contribution in [3.63, 3.8) is 0 Å². The number of hydrogen-bond donors (Lipinski definition) is 2. The van der Waals surface area contributed by atoms with Crippen LogP contribution in [0.1, 0.15) is 25.7 Å². The maximum Gasteiger partial charge on any atom is 0.166 e. The van der Waals surface area contributed by atoms with Crippen LogP contribution in [0.4, 0.5) is 0 Å². The Bertz CT molecular complexity index is 340. The van der Waals surface area contributed by atoms with E-state index < -0.39 is 0 Å². The van der Waals surface area contributed by atoms with E-state index in [1.807, 2.05) is 0 Å². The first-order valence-electron chi connectivity index (χ1n) is 7.17. The summed E-state index contributed by atoms with van der Waals surface area (Å²) in [5, 5.41) is 7.58. The zero-order valence-corrected chi connectivity index (χ0v) is 11.7. The number of hydrogen-bond acceptors (Lipinski definition) is 2. The molecule has 0 amide bonds. The Morgan fingerprint density at radius 3 is 2.83 bits per heavy atom. The number of fused-ring (bicyclic) bond motifs is 3. The van der Waals surface area contributed by atoms with E-state index in [0.717, 1.165) is 17.6 Å². The Morgan fingerprint density at radius 1 is 1.39 bits per heavy atom. The lowest BCUT2D eigenvalue weighted by Crippen LogP contribution is -2.57. The molecule has 1 saturated carbocycles. The minimum Gasteiger partial charge on any atom is -0.361 e. The van der Waals surface area contributed by atoms with E-state index in [1.54, 1.807) is 0 Å². The molecule has 3 saturated heterocycles. The molecule has 0 spiro atoms. The molecule has 0 radical (unpaired) electrons. The van der Waals surface area contributed by atoms with Gasteiger partial charge >= 0.3 is 0 Å². The Balaban J connectivity index is 1.46. The van der Waals surface area contributed by atoms with Gasteiger partial charge in [-0.05, 0) is 56.3 Å². The van der Waals surface area contributed by atoms with E-state index >= 15 is 0 Å². The van der Waals surface area contributed by atoms with Gasteiger partial charge in [0.25, 0.3) is 0 Å². The molecule has 3 heterocycles. The van der Waals surface area contributed by atoms with Crippen LogP contribution in [-0.4, -0.2) is 41.7 Å². The first kappa shape index (κ1) is 12.4. The smallest absolute Gasteiger partial charge is 0.166 e. The average Bonchev–Trinajstić information content (AvgIpc) is 3.21. The van der Waals surface area contributed by atoms with Crippen LogP contribution in [0.15, 0.2) is 12.7 Å². The van der Waals surface area contributed by atoms with Gasteiger partial charge in [0.2, 0.25) is 0 Å². The number of nitrogens with one attached hydrogen (secondary N) is 2. The molecule has 3 aliphatic heterocycles. The van der Waals surface area contributed by atoms with E-state index in [1.165, 1.54) is 38.8 Å². The number of rotatable bonds is 4. The average molecular weight is 265 g/mol. The van der Waals surface area contributed by atoms with Gasteiger partial charge in [0.15, 0.2) is 5.11 Å². The fourth-order valence-electron chi connectivity index (χ4n) is 3.33. The molecule has 1 aliphatic carbocycles. The lowest BCUT2D eigenvalue weighted by molar-refractivity contribution is 0.0215.